The molecule has 0 radical (unpaired) electrons. The third-order valence-electron chi connectivity index (χ3n) is 3.13. The molecule has 0 aliphatic rings. The lowest BCUT2D eigenvalue weighted by Gasteiger charge is -2.02. The fourth-order valence-corrected chi connectivity index (χ4v) is 2.05. The molecule has 2 rings (SSSR count). The Morgan fingerprint density at radius 3 is 2.54 bits per heavy atom. The van der Waals surface area contributed by atoms with Gasteiger partial charge in [0.1, 0.15) is 5.75 Å². The molecule has 0 unspecified atom stereocenters. The Balaban J connectivity index is 1.93. The summed E-state index contributed by atoms with van der Waals surface area (Å²) >= 11 is 5.76. The third-order valence-corrected chi connectivity index (χ3v) is 3.43. The first-order valence-corrected chi connectivity index (χ1v) is 7.67. The molecule has 5 nitrogen and oxygen atoms in total. The summed E-state index contributed by atoms with van der Waals surface area (Å²) in [7, 11) is 0. The van der Waals surface area contributed by atoms with Crippen LogP contribution in [0.15, 0.2) is 53.6 Å². The maximum Gasteiger partial charge on any atom is 0.271 e. The highest BCUT2D eigenvalue weighted by atomic mass is 35.5. The van der Waals surface area contributed by atoms with E-state index in [0.717, 1.165) is 11.1 Å². The number of aromatic hydroxyl groups is 1. The van der Waals surface area contributed by atoms with Crippen molar-refractivity contribution in [3.05, 3.63) is 70.3 Å². The van der Waals surface area contributed by atoms with Crippen molar-refractivity contribution in [1.82, 2.24) is 5.43 Å². The van der Waals surface area contributed by atoms with Crippen LogP contribution in [0.4, 0.5) is 0 Å². The summed E-state index contributed by atoms with van der Waals surface area (Å²) in [6.07, 6.45) is 5.97. The molecule has 124 valence electrons. The first kappa shape index (κ1) is 17.7. The Hall–Kier alpha value is -2.63. The number of carbonyl (C=O) groups excluding carboxylic acids is 1. The minimum Gasteiger partial charge on any atom is -0.506 e. The van der Waals surface area contributed by atoms with E-state index in [-0.39, 0.29) is 17.4 Å². The number of amides is 1. The van der Waals surface area contributed by atoms with Gasteiger partial charge in [-0.25, -0.2) is 5.43 Å². The topological polar surface area (TPSA) is 81.9 Å². The summed E-state index contributed by atoms with van der Waals surface area (Å²) < 4.78 is 0. The van der Waals surface area contributed by atoms with Crippen LogP contribution < -0.4 is 5.43 Å². The number of hydrogen-bond donors (Lipinski definition) is 3. The second kappa shape index (κ2) is 8.86. The van der Waals surface area contributed by atoms with Crippen molar-refractivity contribution in [2.24, 2.45) is 5.10 Å². The second-order valence-corrected chi connectivity index (χ2v) is 5.35. The van der Waals surface area contributed by atoms with Crippen molar-refractivity contribution >= 4 is 29.8 Å². The smallest absolute Gasteiger partial charge is 0.271 e. The standard InChI is InChI=1S/C18H17ClN2O3/c19-16-11-15(8-9-17(16)23)18(24)21-20-12-14-6-4-13(5-7-14)3-1-2-10-22/h1,3-9,11-12,22-23H,2,10H2,(H,21,24). The van der Waals surface area contributed by atoms with E-state index in [4.69, 9.17) is 16.7 Å². The zero-order valence-corrected chi connectivity index (χ0v) is 13.6. The molecule has 2 aromatic carbocycles. The van der Waals surface area contributed by atoms with E-state index in [1.807, 2.05) is 36.4 Å². The van der Waals surface area contributed by atoms with Gasteiger partial charge in [-0.1, -0.05) is 48.0 Å². The van der Waals surface area contributed by atoms with Crippen molar-refractivity contribution in [3.8, 4) is 5.75 Å². The maximum atomic E-state index is 11.9. The Morgan fingerprint density at radius 2 is 1.88 bits per heavy atom. The van der Waals surface area contributed by atoms with Crippen molar-refractivity contribution < 1.29 is 15.0 Å². The molecular weight excluding hydrogens is 328 g/mol. The molecule has 24 heavy (non-hydrogen) atoms. The van der Waals surface area contributed by atoms with E-state index in [9.17, 15) is 9.90 Å². The number of halogens is 1. The van der Waals surface area contributed by atoms with Crippen LogP contribution in [-0.4, -0.2) is 28.9 Å². The van der Waals surface area contributed by atoms with Gasteiger partial charge < -0.3 is 10.2 Å². The Morgan fingerprint density at radius 1 is 1.17 bits per heavy atom. The minimum absolute atomic E-state index is 0.0788. The number of nitrogens with one attached hydrogen (secondary N) is 1. The number of nitrogens with zero attached hydrogens (tertiary/aromatic N) is 1. The highest BCUT2D eigenvalue weighted by Crippen LogP contribution is 2.23. The zero-order chi connectivity index (χ0) is 17.4. The quantitative estimate of drug-likeness (QED) is 0.556. The normalized spacial score (nSPS) is 11.2. The molecule has 0 aromatic heterocycles. The van der Waals surface area contributed by atoms with E-state index in [0.29, 0.717) is 12.0 Å². The highest BCUT2D eigenvalue weighted by molar-refractivity contribution is 6.32. The predicted molar refractivity (Wildman–Crippen MR) is 95.4 cm³/mol. The van der Waals surface area contributed by atoms with Gasteiger partial charge in [0, 0.05) is 12.2 Å². The average molecular weight is 345 g/mol. The monoisotopic (exact) mass is 344 g/mol. The van der Waals surface area contributed by atoms with Gasteiger partial charge in [-0.2, -0.15) is 5.10 Å². The van der Waals surface area contributed by atoms with E-state index >= 15 is 0 Å². The average Bonchev–Trinajstić information content (AvgIpc) is 2.59. The SMILES string of the molecule is O=C(NN=Cc1ccc(C=CCCO)cc1)c1ccc(O)c(Cl)c1. The lowest BCUT2D eigenvalue weighted by atomic mass is 10.1. The number of aliphatic hydroxyl groups is 1. The number of carbonyl (C=O) groups is 1. The van der Waals surface area contributed by atoms with Crippen LogP contribution in [0.2, 0.25) is 5.02 Å². The number of rotatable bonds is 6. The van der Waals surface area contributed by atoms with Gasteiger partial charge in [-0.05, 0) is 35.7 Å². The van der Waals surface area contributed by atoms with E-state index < -0.39 is 5.91 Å². The minimum atomic E-state index is -0.420. The van der Waals surface area contributed by atoms with Gasteiger partial charge in [0.15, 0.2) is 0 Å². The van der Waals surface area contributed by atoms with Crippen LogP contribution in [0.5, 0.6) is 5.75 Å². The Bertz CT molecular complexity index is 755. The van der Waals surface area contributed by atoms with Crippen molar-refractivity contribution in [2.75, 3.05) is 6.61 Å². The Kier molecular flexibility index (Phi) is 6.54. The van der Waals surface area contributed by atoms with Gasteiger partial charge in [-0.15, -0.1) is 0 Å². The van der Waals surface area contributed by atoms with Gasteiger partial charge in [0.05, 0.1) is 11.2 Å². The second-order valence-electron chi connectivity index (χ2n) is 4.95. The van der Waals surface area contributed by atoms with Gasteiger partial charge >= 0.3 is 0 Å². The molecule has 0 saturated carbocycles. The third kappa shape index (κ3) is 5.22. The van der Waals surface area contributed by atoms with Gasteiger partial charge in [-0.3, -0.25) is 4.79 Å². The number of phenols is 1. The largest absolute Gasteiger partial charge is 0.506 e. The van der Waals surface area contributed by atoms with Crippen LogP contribution >= 0.6 is 11.6 Å². The molecule has 0 saturated heterocycles. The molecule has 3 N–H and O–H groups in total. The molecule has 0 fully saturated rings. The molecule has 6 heteroatoms. The molecule has 0 aliphatic carbocycles. The summed E-state index contributed by atoms with van der Waals surface area (Å²) in [4.78, 5) is 11.9. The van der Waals surface area contributed by atoms with E-state index in [2.05, 4.69) is 10.5 Å². The molecule has 1 amide bonds. The molecule has 0 atom stereocenters. The van der Waals surface area contributed by atoms with Gasteiger partial charge in [0.25, 0.3) is 5.91 Å². The molecule has 2 aromatic rings. The zero-order valence-electron chi connectivity index (χ0n) is 12.8. The fraction of sp³-hybridized carbons (Fsp3) is 0.111. The first-order valence-electron chi connectivity index (χ1n) is 7.29. The summed E-state index contributed by atoms with van der Waals surface area (Å²) in [6, 6.07) is 11.7. The van der Waals surface area contributed by atoms with E-state index in [1.165, 1.54) is 24.4 Å². The summed E-state index contributed by atoms with van der Waals surface area (Å²) in [6.45, 7) is 0.132. The predicted octanol–water partition coefficient (Wildman–Crippen LogP) is 3.21. The van der Waals surface area contributed by atoms with Crippen LogP contribution in [-0.2, 0) is 0 Å². The molecule has 0 spiro atoms. The summed E-state index contributed by atoms with van der Waals surface area (Å²) in [5.41, 5.74) is 4.55. The number of phenolic OH excluding ortho intramolecular Hbond substituents is 1. The van der Waals surface area contributed by atoms with Crippen LogP contribution in [0.3, 0.4) is 0 Å². The highest BCUT2D eigenvalue weighted by Gasteiger charge is 2.07. The van der Waals surface area contributed by atoms with Crippen molar-refractivity contribution in [1.29, 1.82) is 0 Å². The number of hydrazone groups is 1. The lowest BCUT2D eigenvalue weighted by molar-refractivity contribution is 0.0955. The summed E-state index contributed by atoms with van der Waals surface area (Å²) in [5, 5.41) is 22.1. The Labute approximate surface area is 144 Å². The molecule has 0 bridgehead atoms. The molecule has 0 heterocycles. The first-order chi connectivity index (χ1) is 11.6. The molecule has 0 aliphatic heterocycles. The lowest BCUT2D eigenvalue weighted by Crippen LogP contribution is -2.17. The van der Waals surface area contributed by atoms with Crippen molar-refractivity contribution in [3.63, 3.8) is 0 Å². The number of benzene rings is 2. The van der Waals surface area contributed by atoms with Crippen LogP contribution in [0.25, 0.3) is 6.08 Å². The number of hydrogen-bond acceptors (Lipinski definition) is 4. The molecular formula is C18H17ClN2O3. The van der Waals surface area contributed by atoms with E-state index in [1.54, 1.807) is 0 Å². The van der Waals surface area contributed by atoms with Crippen LogP contribution in [0.1, 0.15) is 27.9 Å². The maximum absolute atomic E-state index is 11.9. The fourth-order valence-electron chi connectivity index (χ4n) is 1.87. The number of aliphatic hydroxyl groups excluding tert-OH is 1. The van der Waals surface area contributed by atoms with Gasteiger partial charge in [0.2, 0.25) is 0 Å². The van der Waals surface area contributed by atoms with Crippen LogP contribution in [0, 0.1) is 0 Å². The summed E-state index contributed by atoms with van der Waals surface area (Å²) in [5.74, 6) is -0.499. The van der Waals surface area contributed by atoms with Crippen molar-refractivity contribution in [2.45, 2.75) is 6.42 Å².